The number of piperidine rings is 1. The van der Waals surface area contributed by atoms with Crippen molar-refractivity contribution in [2.24, 2.45) is 5.92 Å². The van der Waals surface area contributed by atoms with Gasteiger partial charge < -0.3 is 9.84 Å². The molecular weight excluding hydrogens is 462 g/mol. The van der Waals surface area contributed by atoms with Gasteiger partial charge in [0, 0.05) is 36.5 Å². The number of nitrogens with zero attached hydrogens (tertiary/aromatic N) is 3. The minimum atomic E-state index is -3.85. The van der Waals surface area contributed by atoms with Crippen molar-refractivity contribution in [3.05, 3.63) is 47.2 Å². The molecule has 0 bridgehead atoms. The molecule has 0 aliphatic carbocycles. The van der Waals surface area contributed by atoms with Gasteiger partial charge >= 0.3 is 0 Å². The number of carbonyl (C=O) groups is 1. The van der Waals surface area contributed by atoms with Crippen LogP contribution in [-0.2, 0) is 21.2 Å². The van der Waals surface area contributed by atoms with Gasteiger partial charge in [-0.1, -0.05) is 12.1 Å². The number of carbonyl (C=O) groups excluding carboxylic acids is 1. The van der Waals surface area contributed by atoms with E-state index in [4.69, 9.17) is 4.52 Å². The van der Waals surface area contributed by atoms with Crippen molar-refractivity contribution in [2.45, 2.75) is 30.4 Å². The molecule has 1 saturated heterocycles. The third-order valence-electron chi connectivity index (χ3n) is 5.14. The van der Waals surface area contributed by atoms with Crippen molar-refractivity contribution in [2.75, 3.05) is 18.4 Å². The first-order chi connectivity index (χ1) is 15.3. The lowest BCUT2D eigenvalue weighted by molar-refractivity contribution is -0.120. The number of sulfonamides is 1. The van der Waals surface area contributed by atoms with E-state index in [-0.39, 0.29) is 23.0 Å². The first-order valence-corrected chi connectivity index (χ1v) is 12.3. The average molecular weight is 483 g/mol. The molecule has 0 saturated carbocycles. The summed E-state index contributed by atoms with van der Waals surface area (Å²) in [4.78, 5) is 16.8. The number of rotatable bonds is 6. The van der Waals surface area contributed by atoms with Crippen LogP contribution in [0.2, 0.25) is 0 Å². The summed E-state index contributed by atoms with van der Waals surface area (Å²) in [7, 11) is -3.85. The Balaban J connectivity index is 1.48. The summed E-state index contributed by atoms with van der Waals surface area (Å²) in [6.45, 7) is 2.07. The highest BCUT2D eigenvalue weighted by Crippen LogP contribution is 2.31. The zero-order valence-corrected chi connectivity index (χ0v) is 18.7. The maximum absolute atomic E-state index is 13.8. The van der Waals surface area contributed by atoms with Crippen molar-refractivity contribution >= 4 is 33.0 Å². The monoisotopic (exact) mass is 482 g/mol. The normalized spacial score (nSPS) is 17.4. The van der Waals surface area contributed by atoms with Crippen LogP contribution in [0.15, 0.2) is 38.4 Å². The van der Waals surface area contributed by atoms with Crippen molar-refractivity contribution in [3.63, 3.8) is 0 Å². The van der Waals surface area contributed by atoms with Gasteiger partial charge in [0.25, 0.3) is 10.0 Å². The molecule has 4 rings (SSSR count). The Bertz CT molecular complexity index is 1240. The fraction of sp³-hybridized carbons (Fsp3) is 0.350. The highest BCUT2D eigenvalue weighted by Gasteiger charge is 2.34. The molecule has 3 aromatic rings. The molecule has 12 heteroatoms. The molecule has 32 heavy (non-hydrogen) atoms. The maximum Gasteiger partial charge on any atom is 0.252 e. The van der Waals surface area contributed by atoms with Crippen LogP contribution < -0.4 is 5.32 Å². The highest BCUT2D eigenvalue weighted by atomic mass is 32.2. The van der Waals surface area contributed by atoms with E-state index in [1.54, 1.807) is 5.38 Å². The second-order valence-corrected chi connectivity index (χ2v) is 10.4. The van der Waals surface area contributed by atoms with Crippen LogP contribution >= 0.6 is 11.3 Å². The van der Waals surface area contributed by atoms with Crippen LogP contribution in [0, 0.1) is 17.6 Å². The Hall–Kier alpha value is -2.70. The molecule has 1 aromatic carbocycles. The van der Waals surface area contributed by atoms with Crippen molar-refractivity contribution in [3.8, 4) is 11.4 Å². The number of aromatic nitrogens is 2. The van der Waals surface area contributed by atoms with E-state index in [0.29, 0.717) is 36.5 Å². The number of thiophene rings is 1. The molecule has 1 aliphatic heterocycles. The van der Waals surface area contributed by atoms with Crippen LogP contribution in [0.25, 0.3) is 11.4 Å². The van der Waals surface area contributed by atoms with E-state index in [0.717, 1.165) is 29.5 Å². The van der Waals surface area contributed by atoms with Gasteiger partial charge in [0.15, 0.2) is 0 Å². The number of halogens is 2. The topological polar surface area (TPSA) is 105 Å². The Morgan fingerprint density at radius 3 is 2.91 bits per heavy atom. The van der Waals surface area contributed by atoms with Gasteiger partial charge in [0.1, 0.15) is 15.8 Å². The van der Waals surface area contributed by atoms with Gasteiger partial charge in [0.2, 0.25) is 17.6 Å². The third-order valence-corrected chi connectivity index (χ3v) is 8.42. The molecule has 0 spiro atoms. The van der Waals surface area contributed by atoms with Crippen molar-refractivity contribution in [1.82, 2.24) is 14.4 Å². The average Bonchev–Trinajstić information content (AvgIpc) is 3.46. The number of amides is 1. The quantitative estimate of drug-likeness (QED) is 0.575. The Kier molecular flexibility index (Phi) is 6.35. The van der Waals surface area contributed by atoms with E-state index >= 15 is 0 Å². The van der Waals surface area contributed by atoms with Crippen LogP contribution in [0.4, 0.5) is 14.5 Å². The summed E-state index contributed by atoms with van der Waals surface area (Å²) in [5, 5.41) is 7.86. The van der Waals surface area contributed by atoms with Gasteiger partial charge in [-0.05, 0) is 31.0 Å². The zero-order valence-electron chi connectivity index (χ0n) is 17.0. The number of anilines is 1. The minimum Gasteiger partial charge on any atom is -0.339 e. The summed E-state index contributed by atoms with van der Waals surface area (Å²) in [6, 6.07) is 4.24. The lowest BCUT2D eigenvalue weighted by Gasteiger charge is -2.30. The predicted molar refractivity (Wildman–Crippen MR) is 113 cm³/mol. The lowest BCUT2D eigenvalue weighted by Crippen LogP contribution is -2.43. The molecule has 0 unspecified atom stereocenters. The summed E-state index contributed by atoms with van der Waals surface area (Å²) in [6.07, 6.45) is 1.47. The molecule has 3 heterocycles. The summed E-state index contributed by atoms with van der Waals surface area (Å²) in [5.41, 5.74) is 0.259. The van der Waals surface area contributed by atoms with Gasteiger partial charge in [-0.15, -0.1) is 11.3 Å². The summed E-state index contributed by atoms with van der Waals surface area (Å²) >= 11 is 1.03. The molecular formula is C20H20F2N4O4S2. The zero-order chi connectivity index (χ0) is 22.9. The number of hydrogen-bond donors (Lipinski definition) is 1. The molecule has 8 nitrogen and oxygen atoms in total. The molecule has 1 amide bonds. The van der Waals surface area contributed by atoms with E-state index in [1.165, 1.54) is 10.4 Å². The SMILES string of the molecule is CCc1nc(-c2csc(S(=O)(=O)N3CCC[C@H](C(=O)Nc4cc(F)ccc4F)C3)c2)no1. The van der Waals surface area contributed by atoms with Crippen LogP contribution in [0.1, 0.15) is 25.7 Å². The van der Waals surface area contributed by atoms with Crippen LogP contribution in [0.5, 0.6) is 0 Å². The lowest BCUT2D eigenvalue weighted by atomic mass is 9.98. The minimum absolute atomic E-state index is 0.0550. The highest BCUT2D eigenvalue weighted by molar-refractivity contribution is 7.91. The van der Waals surface area contributed by atoms with Crippen LogP contribution in [0.3, 0.4) is 0 Å². The van der Waals surface area contributed by atoms with Gasteiger partial charge in [-0.25, -0.2) is 17.2 Å². The largest absolute Gasteiger partial charge is 0.339 e. The van der Waals surface area contributed by atoms with Crippen molar-refractivity contribution in [1.29, 1.82) is 0 Å². The second kappa shape index (κ2) is 9.04. The van der Waals surface area contributed by atoms with Gasteiger partial charge in [-0.3, -0.25) is 4.79 Å². The Morgan fingerprint density at radius 1 is 1.34 bits per heavy atom. The molecule has 1 aliphatic rings. The van der Waals surface area contributed by atoms with E-state index in [2.05, 4.69) is 15.5 Å². The predicted octanol–water partition coefficient (Wildman–Crippen LogP) is 3.68. The number of benzene rings is 1. The molecule has 2 aromatic heterocycles. The molecule has 1 N–H and O–H groups in total. The van der Waals surface area contributed by atoms with E-state index in [1.807, 2.05) is 6.92 Å². The fourth-order valence-electron chi connectivity index (χ4n) is 3.41. The first-order valence-electron chi connectivity index (χ1n) is 9.95. The van der Waals surface area contributed by atoms with Crippen molar-refractivity contribution < 1.29 is 26.5 Å². The Labute approximate surface area is 187 Å². The van der Waals surface area contributed by atoms with E-state index in [9.17, 15) is 22.0 Å². The smallest absolute Gasteiger partial charge is 0.252 e. The standard InChI is InChI=1S/C20H20F2N4O4S2/c1-2-17-24-19(25-30-17)13-8-18(31-11-13)32(28,29)26-7-3-4-12(10-26)20(27)23-16-9-14(21)5-6-15(16)22/h5-6,8-9,11-12H,2-4,7,10H2,1H3,(H,23,27)/t12-/m0/s1. The fourth-order valence-corrected chi connectivity index (χ4v) is 6.25. The molecule has 170 valence electrons. The Morgan fingerprint density at radius 2 is 2.16 bits per heavy atom. The number of nitrogens with one attached hydrogen (secondary N) is 1. The summed E-state index contributed by atoms with van der Waals surface area (Å²) < 4.78 is 59.9. The summed E-state index contributed by atoms with van der Waals surface area (Å²) in [5.74, 6) is -1.93. The van der Waals surface area contributed by atoms with E-state index < -0.39 is 33.5 Å². The first kappa shape index (κ1) is 22.5. The molecule has 0 radical (unpaired) electrons. The second-order valence-electron chi connectivity index (χ2n) is 7.34. The number of aryl methyl sites for hydroxylation is 1. The van der Waals surface area contributed by atoms with Crippen LogP contribution in [-0.4, -0.2) is 41.9 Å². The maximum atomic E-state index is 13.8. The van der Waals surface area contributed by atoms with Gasteiger partial charge in [0.05, 0.1) is 11.6 Å². The third kappa shape index (κ3) is 4.57. The molecule has 1 atom stereocenters. The molecule has 1 fully saturated rings. The number of hydrogen-bond acceptors (Lipinski definition) is 7. The van der Waals surface area contributed by atoms with Gasteiger partial charge in [-0.2, -0.15) is 9.29 Å².